The molecule has 0 bridgehead atoms. The highest BCUT2D eigenvalue weighted by atomic mass is 28.3. The van der Waals surface area contributed by atoms with E-state index in [1.165, 1.54) is 5.56 Å². The van der Waals surface area contributed by atoms with Crippen LogP contribution in [0.2, 0.25) is 19.6 Å². The van der Waals surface area contributed by atoms with Gasteiger partial charge in [-0.1, -0.05) is 51.5 Å². The van der Waals surface area contributed by atoms with Crippen molar-refractivity contribution in [3.8, 4) is 11.5 Å². The van der Waals surface area contributed by atoms with Gasteiger partial charge < -0.3 is 5.32 Å². The number of amides is 1. The molecule has 0 aliphatic heterocycles. The summed E-state index contributed by atoms with van der Waals surface area (Å²) in [5.41, 5.74) is 5.57. The summed E-state index contributed by atoms with van der Waals surface area (Å²) in [5.74, 6) is 3.27. The third-order valence-corrected chi connectivity index (χ3v) is 3.90. The van der Waals surface area contributed by atoms with E-state index < -0.39 is 8.07 Å². The van der Waals surface area contributed by atoms with E-state index in [0.717, 1.165) is 5.56 Å². The highest BCUT2D eigenvalue weighted by Crippen LogP contribution is 2.22. The van der Waals surface area contributed by atoms with Crippen molar-refractivity contribution in [3.05, 3.63) is 35.4 Å². The van der Waals surface area contributed by atoms with Crippen molar-refractivity contribution in [3.63, 3.8) is 0 Å². The van der Waals surface area contributed by atoms with E-state index in [0.29, 0.717) is 6.54 Å². The number of nitrogens with one attached hydrogen (secondary N) is 1. The summed E-state index contributed by atoms with van der Waals surface area (Å²) >= 11 is 0. The van der Waals surface area contributed by atoms with E-state index in [4.69, 9.17) is 0 Å². The number of hydrogen-bond acceptors (Lipinski definition) is 1. The Balaban J connectivity index is 2.84. The molecule has 108 valence electrons. The topological polar surface area (TPSA) is 29.1 Å². The maximum Gasteiger partial charge on any atom is 0.216 e. The van der Waals surface area contributed by atoms with E-state index in [-0.39, 0.29) is 11.3 Å². The molecule has 0 aromatic heterocycles. The van der Waals surface area contributed by atoms with Gasteiger partial charge in [0.2, 0.25) is 5.91 Å². The average Bonchev–Trinajstić information content (AvgIpc) is 2.34. The lowest BCUT2D eigenvalue weighted by molar-refractivity contribution is -0.119. The third kappa shape index (κ3) is 5.62. The van der Waals surface area contributed by atoms with E-state index >= 15 is 0 Å². The van der Waals surface area contributed by atoms with Crippen LogP contribution < -0.4 is 5.32 Å². The Labute approximate surface area is 124 Å². The van der Waals surface area contributed by atoms with E-state index in [9.17, 15) is 4.79 Å². The van der Waals surface area contributed by atoms with Gasteiger partial charge in [0, 0.05) is 24.4 Å². The second kappa shape index (κ2) is 6.28. The first-order valence-electron chi connectivity index (χ1n) is 6.98. The normalized spacial score (nSPS) is 11.5. The fourth-order valence-corrected chi connectivity index (χ4v) is 2.23. The molecule has 0 aliphatic rings. The molecule has 1 amide bonds. The van der Waals surface area contributed by atoms with Gasteiger partial charge in [-0.25, -0.2) is 0 Å². The van der Waals surface area contributed by atoms with E-state index in [1.54, 1.807) is 6.92 Å². The molecule has 0 atom stereocenters. The first-order valence-corrected chi connectivity index (χ1v) is 10.5. The molecule has 0 heterocycles. The summed E-state index contributed by atoms with van der Waals surface area (Å²) in [6.45, 7) is 13.2. The predicted molar refractivity (Wildman–Crippen MR) is 88.4 cm³/mol. The van der Waals surface area contributed by atoms with Crippen LogP contribution in [0.3, 0.4) is 0 Å². The molecule has 3 heteroatoms. The van der Waals surface area contributed by atoms with Crippen LogP contribution in [0.1, 0.15) is 31.9 Å². The Kier molecular flexibility index (Phi) is 5.19. The number of carbonyl (C=O) groups is 1. The number of hydrogen-bond donors (Lipinski definition) is 1. The molecule has 0 unspecified atom stereocenters. The summed E-state index contributed by atoms with van der Waals surface area (Å²) in [5, 5.41) is 2.88. The Morgan fingerprint density at radius 1 is 1.20 bits per heavy atom. The molecular formula is C17H25NOSi. The van der Waals surface area contributed by atoms with Gasteiger partial charge in [-0.05, 0) is 17.7 Å². The molecule has 1 aromatic carbocycles. The van der Waals surface area contributed by atoms with E-state index in [1.807, 2.05) is 0 Å². The van der Waals surface area contributed by atoms with Crippen molar-refractivity contribution in [2.45, 2.75) is 45.8 Å². The van der Waals surface area contributed by atoms with Gasteiger partial charge in [0.15, 0.2) is 0 Å². The maximum absolute atomic E-state index is 11.0. The SMILES string of the molecule is CC(=O)NCC(C)(C)c1ccc(C#C[Si](C)(C)C)cc1. The fraction of sp³-hybridized carbons (Fsp3) is 0.471. The van der Waals surface area contributed by atoms with Crippen molar-refractivity contribution in [1.82, 2.24) is 5.32 Å². The van der Waals surface area contributed by atoms with E-state index in [2.05, 4.69) is 74.5 Å². The molecule has 2 nitrogen and oxygen atoms in total. The number of carbonyl (C=O) groups excluding carboxylic acids is 1. The largest absolute Gasteiger partial charge is 0.355 e. The standard InChI is InChI=1S/C17H25NOSi/c1-14(19)18-13-17(2,3)16-9-7-15(8-10-16)11-12-20(4,5)6/h7-10H,13H2,1-6H3,(H,18,19). The molecule has 0 fully saturated rings. The summed E-state index contributed by atoms with van der Waals surface area (Å²) < 4.78 is 0. The summed E-state index contributed by atoms with van der Waals surface area (Å²) in [4.78, 5) is 11.0. The first-order chi connectivity index (χ1) is 9.10. The zero-order valence-electron chi connectivity index (χ0n) is 13.4. The van der Waals surface area contributed by atoms with Crippen LogP contribution in [0.25, 0.3) is 0 Å². The molecule has 1 aromatic rings. The third-order valence-electron chi connectivity index (χ3n) is 3.03. The van der Waals surface area contributed by atoms with Crippen LogP contribution >= 0.6 is 0 Å². The van der Waals surface area contributed by atoms with Crippen LogP contribution in [0, 0.1) is 11.5 Å². The Morgan fingerprint density at radius 3 is 2.20 bits per heavy atom. The highest BCUT2D eigenvalue weighted by Gasteiger charge is 2.20. The minimum absolute atomic E-state index is 0.00991. The molecule has 1 rings (SSSR count). The lowest BCUT2D eigenvalue weighted by atomic mass is 9.84. The second-order valence-corrected chi connectivity index (χ2v) is 11.6. The average molecular weight is 287 g/mol. The van der Waals surface area contributed by atoms with Gasteiger partial charge in [0.25, 0.3) is 0 Å². The lowest BCUT2D eigenvalue weighted by Crippen LogP contribution is -2.35. The molecule has 1 N–H and O–H groups in total. The smallest absolute Gasteiger partial charge is 0.216 e. The molecule has 0 saturated heterocycles. The minimum atomic E-state index is -1.32. The van der Waals surface area contributed by atoms with Crippen LogP contribution in [-0.4, -0.2) is 20.5 Å². The maximum atomic E-state index is 11.0. The van der Waals surface area contributed by atoms with Gasteiger partial charge in [-0.2, -0.15) is 0 Å². The summed E-state index contributed by atoms with van der Waals surface area (Å²) in [6.07, 6.45) is 0. The first kappa shape index (κ1) is 16.5. The van der Waals surface area contributed by atoms with Crippen LogP contribution in [0.15, 0.2) is 24.3 Å². The van der Waals surface area contributed by atoms with Crippen molar-refractivity contribution < 1.29 is 4.79 Å². The van der Waals surface area contributed by atoms with Gasteiger partial charge in [-0.3, -0.25) is 4.79 Å². The van der Waals surface area contributed by atoms with Gasteiger partial charge in [0.05, 0.1) is 0 Å². The Bertz CT molecular complexity index is 527. The zero-order chi connectivity index (χ0) is 15.4. The summed E-state index contributed by atoms with van der Waals surface area (Å²) in [6, 6.07) is 8.35. The van der Waals surface area contributed by atoms with Crippen LogP contribution in [-0.2, 0) is 10.2 Å². The molecular weight excluding hydrogens is 262 g/mol. The molecule has 20 heavy (non-hydrogen) atoms. The molecule has 0 saturated carbocycles. The van der Waals surface area contributed by atoms with Crippen molar-refractivity contribution in [2.75, 3.05) is 6.54 Å². The monoisotopic (exact) mass is 287 g/mol. The minimum Gasteiger partial charge on any atom is -0.355 e. The van der Waals surface area contributed by atoms with Crippen molar-refractivity contribution in [1.29, 1.82) is 0 Å². The van der Waals surface area contributed by atoms with Gasteiger partial charge in [0.1, 0.15) is 8.07 Å². The lowest BCUT2D eigenvalue weighted by Gasteiger charge is -2.25. The quantitative estimate of drug-likeness (QED) is 0.670. The molecule has 0 spiro atoms. The van der Waals surface area contributed by atoms with Crippen LogP contribution in [0.5, 0.6) is 0 Å². The van der Waals surface area contributed by atoms with Crippen molar-refractivity contribution >= 4 is 14.0 Å². The Hall–Kier alpha value is -1.53. The highest BCUT2D eigenvalue weighted by molar-refractivity contribution is 6.83. The second-order valence-electron chi connectivity index (χ2n) is 6.87. The van der Waals surface area contributed by atoms with Gasteiger partial charge in [-0.15, -0.1) is 5.54 Å². The number of benzene rings is 1. The van der Waals surface area contributed by atoms with Crippen LogP contribution in [0.4, 0.5) is 0 Å². The Morgan fingerprint density at radius 2 is 1.75 bits per heavy atom. The predicted octanol–water partition coefficient (Wildman–Crippen LogP) is 3.33. The fourth-order valence-electron chi connectivity index (χ4n) is 1.71. The zero-order valence-corrected chi connectivity index (χ0v) is 14.4. The van der Waals surface area contributed by atoms with Crippen molar-refractivity contribution in [2.24, 2.45) is 0 Å². The number of rotatable bonds is 3. The molecule has 0 aliphatic carbocycles. The summed E-state index contributed by atoms with van der Waals surface area (Å²) in [7, 11) is -1.32. The van der Waals surface area contributed by atoms with Gasteiger partial charge >= 0.3 is 0 Å². The molecule has 0 radical (unpaired) electrons.